The van der Waals surface area contributed by atoms with Crippen molar-refractivity contribution in [3.8, 4) is 5.75 Å². The average molecular weight is 655 g/mol. The van der Waals surface area contributed by atoms with Gasteiger partial charge in [0, 0.05) is 18.3 Å². The van der Waals surface area contributed by atoms with Crippen LogP contribution in [0.15, 0.2) is 48.5 Å². The highest BCUT2D eigenvalue weighted by molar-refractivity contribution is 6.06. The maximum atomic E-state index is 13.9. The fraction of sp³-hybridized carbons (Fsp3) is 0.471. The van der Waals surface area contributed by atoms with Crippen LogP contribution in [0, 0.1) is 17.3 Å². The van der Waals surface area contributed by atoms with E-state index in [1.54, 1.807) is 58.0 Å². The first-order chi connectivity index (χ1) is 21.9. The smallest absolute Gasteiger partial charge is 0.348 e. The Morgan fingerprint density at radius 2 is 1.40 bits per heavy atom. The molecule has 0 bridgehead atoms. The Hall–Kier alpha value is -4.94. The van der Waals surface area contributed by atoms with Crippen molar-refractivity contribution < 1.29 is 52.8 Å². The van der Waals surface area contributed by atoms with E-state index < -0.39 is 89.0 Å². The standard InChI is InChI=1S/C34H42N2O11/c1-17(2)26-32(42)45-23(16-20-12-9-8-10-13-20)28(38)34(6,7)33(43)47-27(18(3)4)31(41)44-19(5)24(30(40)46-26)36-29(39)21-14-11-15-22(35)25(21)37/h8-15,17-19,23-24,26-27,37H,16,35H2,1-7H3,(H,36,39)/t19-,23-,24+,26+,27+/m1/s1. The second-order valence-electron chi connectivity index (χ2n) is 12.6. The van der Waals surface area contributed by atoms with Gasteiger partial charge in [0.15, 0.2) is 23.7 Å². The van der Waals surface area contributed by atoms with Gasteiger partial charge in [0.25, 0.3) is 5.91 Å². The predicted molar refractivity (Wildman–Crippen MR) is 168 cm³/mol. The van der Waals surface area contributed by atoms with Crippen LogP contribution in [0.1, 0.15) is 64.4 Å². The first kappa shape index (κ1) is 36.5. The van der Waals surface area contributed by atoms with Crippen LogP contribution in [0.5, 0.6) is 5.75 Å². The van der Waals surface area contributed by atoms with E-state index in [9.17, 15) is 33.9 Å². The van der Waals surface area contributed by atoms with Crippen molar-refractivity contribution in [2.45, 2.75) is 85.3 Å². The van der Waals surface area contributed by atoms with E-state index >= 15 is 0 Å². The van der Waals surface area contributed by atoms with Gasteiger partial charge in [-0.05, 0) is 38.5 Å². The lowest BCUT2D eigenvalue weighted by Gasteiger charge is -2.30. The number of carbonyl (C=O) groups excluding carboxylic acids is 6. The van der Waals surface area contributed by atoms with Crippen molar-refractivity contribution in [1.82, 2.24) is 5.32 Å². The van der Waals surface area contributed by atoms with Crippen molar-refractivity contribution in [3.05, 3.63) is 59.7 Å². The molecule has 5 atom stereocenters. The van der Waals surface area contributed by atoms with Gasteiger partial charge in [-0.25, -0.2) is 14.4 Å². The number of hydrogen-bond donors (Lipinski definition) is 3. The lowest BCUT2D eigenvalue weighted by Crippen LogP contribution is -2.52. The summed E-state index contributed by atoms with van der Waals surface area (Å²) in [6.07, 6.45) is -6.18. The molecule has 1 aliphatic rings. The quantitative estimate of drug-likeness (QED) is 0.136. The van der Waals surface area contributed by atoms with Crippen LogP contribution in [0.25, 0.3) is 0 Å². The number of phenolic OH excluding ortho intramolecular Hbond substituents is 1. The minimum absolute atomic E-state index is 0.103. The maximum Gasteiger partial charge on any atom is 0.348 e. The number of nitrogen functional groups attached to an aromatic ring is 1. The molecule has 0 aromatic heterocycles. The number of hydrogen-bond acceptors (Lipinski definition) is 12. The number of carbonyl (C=O) groups is 6. The van der Waals surface area contributed by atoms with Gasteiger partial charge in [-0.15, -0.1) is 0 Å². The van der Waals surface area contributed by atoms with Gasteiger partial charge < -0.3 is 35.1 Å². The van der Waals surface area contributed by atoms with Gasteiger partial charge in [0.05, 0.1) is 11.3 Å². The summed E-state index contributed by atoms with van der Waals surface area (Å²) < 4.78 is 22.3. The Balaban J connectivity index is 2.10. The molecule has 4 N–H and O–H groups in total. The average Bonchev–Trinajstić information content (AvgIpc) is 3.00. The Morgan fingerprint density at radius 1 is 0.830 bits per heavy atom. The number of rotatable bonds is 6. The first-order valence-electron chi connectivity index (χ1n) is 15.2. The van der Waals surface area contributed by atoms with E-state index in [0.717, 1.165) is 0 Å². The van der Waals surface area contributed by atoms with Gasteiger partial charge in [0.1, 0.15) is 11.5 Å². The molecular formula is C34H42N2O11. The summed E-state index contributed by atoms with van der Waals surface area (Å²) in [5.74, 6) is -8.05. The second kappa shape index (κ2) is 15.1. The molecule has 1 aliphatic heterocycles. The number of para-hydroxylation sites is 1. The summed E-state index contributed by atoms with van der Waals surface area (Å²) in [4.78, 5) is 81.3. The predicted octanol–water partition coefficient (Wildman–Crippen LogP) is 2.90. The summed E-state index contributed by atoms with van der Waals surface area (Å²) >= 11 is 0. The molecule has 0 unspecified atom stereocenters. The molecule has 13 heteroatoms. The number of ether oxygens (including phenoxy) is 4. The van der Waals surface area contributed by atoms with E-state index in [1.807, 2.05) is 0 Å². The molecule has 1 fully saturated rings. The number of nitrogens with two attached hydrogens (primary N) is 1. The monoisotopic (exact) mass is 654 g/mol. The van der Waals surface area contributed by atoms with Crippen molar-refractivity contribution in [2.75, 3.05) is 5.73 Å². The molecular weight excluding hydrogens is 612 g/mol. The third-order valence-corrected chi connectivity index (χ3v) is 7.72. The summed E-state index contributed by atoms with van der Waals surface area (Å²) in [7, 11) is 0. The molecule has 0 aliphatic carbocycles. The molecule has 1 heterocycles. The molecule has 1 saturated heterocycles. The van der Waals surface area contributed by atoms with Crippen molar-refractivity contribution in [3.63, 3.8) is 0 Å². The maximum absolute atomic E-state index is 13.9. The lowest BCUT2D eigenvalue weighted by molar-refractivity contribution is -0.182. The van der Waals surface area contributed by atoms with E-state index in [-0.39, 0.29) is 17.7 Å². The number of aromatic hydroxyl groups is 1. The van der Waals surface area contributed by atoms with Gasteiger partial charge in [0.2, 0.25) is 12.2 Å². The molecule has 13 nitrogen and oxygen atoms in total. The van der Waals surface area contributed by atoms with Crippen LogP contribution in [-0.4, -0.2) is 71.1 Å². The van der Waals surface area contributed by atoms with E-state index in [2.05, 4.69) is 5.32 Å². The molecule has 0 spiro atoms. The summed E-state index contributed by atoms with van der Waals surface area (Å²) in [6.45, 7) is 10.2. The van der Waals surface area contributed by atoms with Crippen LogP contribution < -0.4 is 11.1 Å². The first-order valence-corrected chi connectivity index (χ1v) is 15.2. The second-order valence-corrected chi connectivity index (χ2v) is 12.6. The number of esters is 4. The molecule has 254 valence electrons. The normalized spacial score (nSPS) is 24.4. The van der Waals surface area contributed by atoms with Gasteiger partial charge in [-0.1, -0.05) is 64.1 Å². The molecule has 0 saturated carbocycles. The van der Waals surface area contributed by atoms with Gasteiger partial charge >= 0.3 is 23.9 Å². The molecule has 1 amide bonds. The number of amides is 1. The van der Waals surface area contributed by atoms with Crippen molar-refractivity contribution in [1.29, 1.82) is 0 Å². The number of phenols is 1. The molecule has 3 rings (SSSR count). The van der Waals surface area contributed by atoms with Crippen molar-refractivity contribution >= 4 is 41.3 Å². The Morgan fingerprint density at radius 3 is 2.00 bits per heavy atom. The zero-order valence-corrected chi connectivity index (χ0v) is 27.5. The third-order valence-electron chi connectivity index (χ3n) is 7.72. The highest BCUT2D eigenvalue weighted by atomic mass is 16.6. The Kier molecular flexibility index (Phi) is 11.7. The van der Waals surface area contributed by atoms with Crippen LogP contribution in [-0.2, 0) is 49.3 Å². The van der Waals surface area contributed by atoms with E-state index in [0.29, 0.717) is 5.56 Å². The van der Waals surface area contributed by atoms with Crippen molar-refractivity contribution in [2.24, 2.45) is 17.3 Å². The summed E-state index contributed by atoms with van der Waals surface area (Å²) in [6, 6.07) is 10.9. The topological polar surface area (TPSA) is 198 Å². The summed E-state index contributed by atoms with van der Waals surface area (Å²) in [5, 5.41) is 12.7. The van der Waals surface area contributed by atoms with Crippen LogP contribution in [0.2, 0.25) is 0 Å². The number of Topliss-reactive ketones (excluding diaryl/α,β-unsaturated/α-hetero) is 1. The minimum atomic E-state index is -1.89. The Labute approximate surface area is 273 Å². The van der Waals surface area contributed by atoms with Crippen LogP contribution >= 0.6 is 0 Å². The lowest BCUT2D eigenvalue weighted by atomic mass is 9.83. The fourth-order valence-corrected chi connectivity index (χ4v) is 4.75. The molecule has 2 aromatic carbocycles. The van der Waals surface area contributed by atoms with Crippen LogP contribution in [0.4, 0.5) is 5.69 Å². The molecule has 0 radical (unpaired) electrons. The van der Waals surface area contributed by atoms with Gasteiger partial charge in [-0.3, -0.25) is 14.4 Å². The highest BCUT2D eigenvalue weighted by Crippen LogP contribution is 2.28. The number of cyclic esters (lactones) is 4. The number of nitrogens with one attached hydrogen (secondary N) is 1. The van der Waals surface area contributed by atoms with Crippen LogP contribution in [0.3, 0.4) is 0 Å². The zero-order valence-electron chi connectivity index (χ0n) is 27.5. The number of benzene rings is 2. The fourth-order valence-electron chi connectivity index (χ4n) is 4.75. The third kappa shape index (κ3) is 8.66. The minimum Gasteiger partial charge on any atom is -0.505 e. The van der Waals surface area contributed by atoms with E-state index in [1.165, 1.54) is 39.0 Å². The van der Waals surface area contributed by atoms with Gasteiger partial charge in [-0.2, -0.15) is 0 Å². The Bertz CT molecular complexity index is 1500. The van der Waals surface area contributed by atoms with E-state index in [4.69, 9.17) is 24.7 Å². The highest BCUT2D eigenvalue weighted by Gasteiger charge is 2.47. The largest absolute Gasteiger partial charge is 0.505 e. The SMILES string of the molecule is CC(C)[C@@H]1OC(=O)[C@@H](NC(=O)c2cccc(N)c2O)[C@@H](C)OC(=O)[C@H](C(C)C)OC(=O)C(C)(C)C(=O)[C@@H](Cc2ccccc2)OC1=O. The summed E-state index contributed by atoms with van der Waals surface area (Å²) in [5.41, 5.74) is 4.06. The molecule has 2 aromatic rings. The zero-order chi connectivity index (χ0) is 35.2. The number of anilines is 1. The molecule has 47 heavy (non-hydrogen) atoms. The number of ketones is 1.